The fraction of sp³-hybridized carbons (Fsp3) is 0.579. The smallest absolute Gasteiger partial charge is 0.243 e. The van der Waals surface area contributed by atoms with Gasteiger partial charge in [-0.05, 0) is 41.5 Å². The molecule has 5 nitrogen and oxygen atoms in total. The highest BCUT2D eigenvalue weighted by Crippen LogP contribution is 2.25. The summed E-state index contributed by atoms with van der Waals surface area (Å²) in [7, 11) is 0. The molecule has 0 aromatic heterocycles. The average Bonchev–Trinajstić information content (AvgIpc) is 3.01. The van der Waals surface area contributed by atoms with Crippen molar-refractivity contribution in [3.05, 3.63) is 34.3 Å². The molecule has 1 fully saturated rings. The maximum atomic E-state index is 12.6. The molecule has 1 atom stereocenters. The van der Waals surface area contributed by atoms with Gasteiger partial charge in [0.15, 0.2) is 0 Å². The van der Waals surface area contributed by atoms with Gasteiger partial charge in [-0.2, -0.15) is 0 Å². The summed E-state index contributed by atoms with van der Waals surface area (Å²) in [6, 6.07) is 5.11. The molecular formula is C19H28ClN3O2. The standard InChI is InChI=1S/C19H28ClN3O2/c1-19(2,3)10-17(24)23-8-4-5-16(23)18(25)22-12-14-9-15(20)7-6-13(14)11-21/h6-7,9,16H,4-5,8,10-12,21H2,1-3H3,(H,22,25). The van der Waals surface area contributed by atoms with E-state index in [2.05, 4.69) is 5.32 Å². The number of hydrogen-bond donors (Lipinski definition) is 2. The molecule has 6 heteroatoms. The maximum absolute atomic E-state index is 12.6. The van der Waals surface area contributed by atoms with Crippen LogP contribution < -0.4 is 11.1 Å². The van der Waals surface area contributed by atoms with E-state index in [-0.39, 0.29) is 23.3 Å². The topological polar surface area (TPSA) is 75.4 Å². The van der Waals surface area contributed by atoms with E-state index in [0.717, 1.165) is 17.5 Å². The zero-order valence-electron chi connectivity index (χ0n) is 15.3. The van der Waals surface area contributed by atoms with E-state index < -0.39 is 0 Å². The largest absolute Gasteiger partial charge is 0.350 e. The third kappa shape index (κ3) is 5.44. The zero-order chi connectivity index (χ0) is 18.6. The van der Waals surface area contributed by atoms with Crippen molar-refractivity contribution in [1.29, 1.82) is 0 Å². The fourth-order valence-electron chi connectivity index (χ4n) is 3.15. The highest BCUT2D eigenvalue weighted by Gasteiger charge is 2.35. The molecule has 1 aromatic rings. The van der Waals surface area contributed by atoms with Crippen LogP contribution in [0.4, 0.5) is 0 Å². The summed E-state index contributed by atoms with van der Waals surface area (Å²) in [4.78, 5) is 26.8. The van der Waals surface area contributed by atoms with E-state index in [1.165, 1.54) is 0 Å². The fourth-order valence-corrected chi connectivity index (χ4v) is 3.35. The van der Waals surface area contributed by atoms with E-state index in [0.29, 0.717) is 37.5 Å². The Morgan fingerprint density at radius 3 is 2.68 bits per heavy atom. The highest BCUT2D eigenvalue weighted by atomic mass is 35.5. The Hall–Kier alpha value is -1.59. The molecule has 138 valence electrons. The van der Waals surface area contributed by atoms with Crippen LogP contribution in [-0.2, 0) is 22.7 Å². The van der Waals surface area contributed by atoms with Crippen LogP contribution in [0.3, 0.4) is 0 Å². The Balaban J connectivity index is 2.00. The van der Waals surface area contributed by atoms with Crippen LogP contribution in [0.15, 0.2) is 18.2 Å². The van der Waals surface area contributed by atoms with Gasteiger partial charge >= 0.3 is 0 Å². The summed E-state index contributed by atoms with van der Waals surface area (Å²) in [6.45, 7) is 7.50. The van der Waals surface area contributed by atoms with Crippen LogP contribution in [0.2, 0.25) is 5.02 Å². The lowest BCUT2D eigenvalue weighted by Crippen LogP contribution is -2.46. The van der Waals surface area contributed by atoms with Gasteiger partial charge in [-0.1, -0.05) is 38.4 Å². The third-order valence-electron chi connectivity index (χ3n) is 4.40. The Morgan fingerprint density at radius 2 is 2.04 bits per heavy atom. The zero-order valence-corrected chi connectivity index (χ0v) is 16.0. The maximum Gasteiger partial charge on any atom is 0.243 e. The van der Waals surface area contributed by atoms with E-state index in [1.54, 1.807) is 11.0 Å². The van der Waals surface area contributed by atoms with Gasteiger partial charge in [0.2, 0.25) is 11.8 Å². The normalized spacial score (nSPS) is 17.6. The monoisotopic (exact) mass is 365 g/mol. The molecule has 1 saturated heterocycles. The number of nitrogens with zero attached hydrogens (tertiary/aromatic N) is 1. The first-order valence-corrected chi connectivity index (χ1v) is 9.13. The van der Waals surface area contributed by atoms with Crippen LogP contribution >= 0.6 is 11.6 Å². The lowest BCUT2D eigenvalue weighted by molar-refractivity contribution is -0.139. The van der Waals surface area contributed by atoms with Crippen molar-refractivity contribution < 1.29 is 9.59 Å². The van der Waals surface area contributed by atoms with Crippen LogP contribution in [0, 0.1) is 5.41 Å². The van der Waals surface area contributed by atoms with Crippen molar-refractivity contribution in [2.45, 2.75) is 59.2 Å². The quantitative estimate of drug-likeness (QED) is 0.842. The Morgan fingerprint density at radius 1 is 1.32 bits per heavy atom. The number of amides is 2. The number of hydrogen-bond acceptors (Lipinski definition) is 3. The number of benzene rings is 1. The van der Waals surface area contributed by atoms with Crippen molar-refractivity contribution >= 4 is 23.4 Å². The molecule has 0 bridgehead atoms. The molecule has 2 rings (SSSR count). The van der Waals surface area contributed by atoms with Crippen LogP contribution in [0.25, 0.3) is 0 Å². The first-order chi connectivity index (χ1) is 11.7. The second-order valence-corrected chi connectivity index (χ2v) is 8.25. The number of nitrogens with one attached hydrogen (secondary N) is 1. The predicted octanol–water partition coefficient (Wildman–Crippen LogP) is 2.84. The van der Waals surface area contributed by atoms with Gasteiger partial charge in [-0.3, -0.25) is 9.59 Å². The molecule has 1 aromatic carbocycles. The van der Waals surface area contributed by atoms with Crippen molar-refractivity contribution in [2.24, 2.45) is 11.1 Å². The van der Waals surface area contributed by atoms with Gasteiger partial charge in [0.25, 0.3) is 0 Å². The number of carbonyl (C=O) groups is 2. The minimum Gasteiger partial charge on any atom is -0.350 e. The van der Waals surface area contributed by atoms with Crippen molar-refractivity contribution in [3.63, 3.8) is 0 Å². The molecule has 0 saturated carbocycles. The number of rotatable bonds is 5. The molecule has 0 aliphatic carbocycles. The lowest BCUT2D eigenvalue weighted by Gasteiger charge is -2.27. The molecule has 3 N–H and O–H groups in total. The van der Waals surface area contributed by atoms with Gasteiger partial charge in [-0.25, -0.2) is 0 Å². The summed E-state index contributed by atoms with van der Waals surface area (Å²) in [5.41, 5.74) is 7.52. The first-order valence-electron chi connectivity index (χ1n) is 8.76. The number of likely N-dealkylation sites (tertiary alicyclic amines) is 1. The Bertz CT molecular complexity index is 640. The Labute approximate surface area is 154 Å². The number of nitrogens with two attached hydrogens (primary N) is 1. The molecule has 0 spiro atoms. The first kappa shape index (κ1) is 19.7. The van der Waals surface area contributed by atoms with Crippen molar-refractivity contribution in [3.8, 4) is 0 Å². The predicted molar refractivity (Wildman–Crippen MR) is 100.0 cm³/mol. The van der Waals surface area contributed by atoms with E-state index in [9.17, 15) is 9.59 Å². The van der Waals surface area contributed by atoms with Gasteiger partial charge in [0.05, 0.1) is 0 Å². The van der Waals surface area contributed by atoms with Gasteiger partial charge in [0.1, 0.15) is 6.04 Å². The molecule has 2 amide bonds. The summed E-state index contributed by atoms with van der Waals surface area (Å²) in [5.74, 6) is -0.0572. The molecule has 1 aliphatic heterocycles. The van der Waals surface area contributed by atoms with Gasteiger partial charge in [0, 0.05) is 31.1 Å². The second kappa shape index (κ2) is 8.19. The third-order valence-corrected chi connectivity index (χ3v) is 4.63. The molecule has 25 heavy (non-hydrogen) atoms. The van der Waals surface area contributed by atoms with Crippen molar-refractivity contribution in [1.82, 2.24) is 10.2 Å². The highest BCUT2D eigenvalue weighted by molar-refractivity contribution is 6.30. The number of halogens is 1. The van der Waals surface area contributed by atoms with Crippen LogP contribution in [0.5, 0.6) is 0 Å². The minimum absolute atomic E-state index is 0.0514. The number of carbonyl (C=O) groups excluding carboxylic acids is 2. The van der Waals surface area contributed by atoms with Crippen LogP contribution in [-0.4, -0.2) is 29.3 Å². The van der Waals surface area contributed by atoms with E-state index >= 15 is 0 Å². The molecule has 1 heterocycles. The minimum atomic E-state index is -0.379. The SMILES string of the molecule is CC(C)(C)CC(=O)N1CCCC1C(=O)NCc1cc(Cl)ccc1CN. The molecule has 1 aliphatic rings. The summed E-state index contributed by atoms with van der Waals surface area (Å²) >= 11 is 6.04. The van der Waals surface area contributed by atoms with E-state index in [1.807, 2.05) is 32.9 Å². The summed E-state index contributed by atoms with van der Waals surface area (Å²) in [5, 5.41) is 3.56. The molecule has 0 radical (unpaired) electrons. The van der Waals surface area contributed by atoms with Gasteiger partial charge in [-0.15, -0.1) is 0 Å². The van der Waals surface area contributed by atoms with Crippen LogP contribution in [0.1, 0.15) is 51.2 Å². The second-order valence-electron chi connectivity index (χ2n) is 7.82. The average molecular weight is 366 g/mol. The van der Waals surface area contributed by atoms with E-state index in [4.69, 9.17) is 17.3 Å². The van der Waals surface area contributed by atoms with Crippen molar-refractivity contribution in [2.75, 3.05) is 6.54 Å². The molecule has 1 unspecified atom stereocenters. The summed E-state index contributed by atoms with van der Waals surface area (Å²) < 4.78 is 0. The van der Waals surface area contributed by atoms with Gasteiger partial charge < -0.3 is 16.0 Å². The molecular weight excluding hydrogens is 338 g/mol. The summed E-state index contributed by atoms with van der Waals surface area (Å²) in [6.07, 6.45) is 2.02. The lowest BCUT2D eigenvalue weighted by atomic mass is 9.91. The Kier molecular flexibility index (Phi) is 6.47.